The van der Waals surface area contributed by atoms with Crippen molar-refractivity contribution < 1.29 is 9.18 Å². The maximum Gasteiger partial charge on any atom is 0.271 e. The number of anilines is 4. The number of rotatable bonds is 5. The highest BCUT2D eigenvalue weighted by Gasteiger charge is 2.22. The number of nitrogen functional groups attached to an aromatic ring is 1. The summed E-state index contributed by atoms with van der Waals surface area (Å²) >= 11 is 6.05. The van der Waals surface area contributed by atoms with Gasteiger partial charge in [-0.25, -0.2) is 14.4 Å². The first-order valence-electron chi connectivity index (χ1n) is 9.70. The van der Waals surface area contributed by atoms with E-state index in [2.05, 4.69) is 30.6 Å². The van der Waals surface area contributed by atoms with Crippen LogP contribution in [0, 0.1) is 5.82 Å². The summed E-state index contributed by atoms with van der Waals surface area (Å²) in [5.41, 5.74) is 13.2. The Morgan fingerprint density at radius 3 is 2.39 bits per heavy atom. The van der Waals surface area contributed by atoms with Crippen LogP contribution in [0.2, 0.25) is 5.02 Å². The summed E-state index contributed by atoms with van der Waals surface area (Å²) in [6.07, 6.45) is 1.39. The SMILES string of the molecule is Nc1c(NNC(=O)c2ccccc2Cl)ncnc1N1CCN(c2ccc(F)cc2)CC1. The van der Waals surface area contributed by atoms with Crippen LogP contribution in [0.15, 0.2) is 54.9 Å². The quantitative estimate of drug-likeness (QED) is 0.523. The second kappa shape index (κ2) is 9.05. The number of hydrogen-bond donors (Lipinski definition) is 3. The fourth-order valence-corrected chi connectivity index (χ4v) is 3.62. The number of benzene rings is 2. The first-order valence-corrected chi connectivity index (χ1v) is 10.1. The van der Waals surface area contributed by atoms with Crippen LogP contribution in [0.1, 0.15) is 10.4 Å². The minimum atomic E-state index is -0.405. The summed E-state index contributed by atoms with van der Waals surface area (Å²) in [7, 11) is 0. The molecule has 8 nitrogen and oxygen atoms in total. The van der Waals surface area contributed by atoms with Crippen molar-refractivity contribution in [2.24, 2.45) is 0 Å². The third-order valence-electron chi connectivity index (χ3n) is 5.05. The molecular formula is C21H21ClFN7O. The molecular weight excluding hydrogens is 421 g/mol. The molecule has 0 saturated carbocycles. The van der Waals surface area contributed by atoms with Gasteiger partial charge in [0.25, 0.3) is 5.91 Å². The standard InChI is InChI=1S/C21H21ClFN7O/c22-17-4-2-1-3-16(17)21(31)28-27-19-18(24)20(26-13-25-19)30-11-9-29(10-12-30)15-7-5-14(23)6-8-15/h1-8,13H,9-12,24H2,(H,28,31)(H,25,26,27). The molecule has 4 N–H and O–H groups in total. The molecule has 3 aromatic rings. The van der Waals surface area contributed by atoms with Gasteiger partial charge in [0.2, 0.25) is 0 Å². The van der Waals surface area contributed by atoms with E-state index in [4.69, 9.17) is 17.3 Å². The second-order valence-corrected chi connectivity index (χ2v) is 7.38. The maximum atomic E-state index is 13.2. The van der Waals surface area contributed by atoms with E-state index in [9.17, 15) is 9.18 Å². The molecule has 0 radical (unpaired) electrons. The Kier molecular flexibility index (Phi) is 6.03. The number of amides is 1. The Balaban J connectivity index is 1.40. The Bertz CT molecular complexity index is 1070. The number of nitrogens with two attached hydrogens (primary N) is 1. The first kappa shape index (κ1) is 20.7. The molecule has 1 aliphatic rings. The highest BCUT2D eigenvalue weighted by molar-refractivity contribution is 6.33. The molecule has 0 aliphatic carbocycles. The number of halogens is 2. The van der Waals surface area contributed by atoms with E-state index in [1.807, 2.05) is 0 Å². The number of aromatic nitrogens is 2. The van der Waals surface area contributed by atoms with Gasteiger partial charge in [0.1, 0.15) is 17.8 Å². The van der Waals surface area contributed by atoms with Crippen LogP contribution in [0.4, 0.5) is 27.4 Å². The lowest BCUT2D eigenvalue weighted by molar-refractivity contribution is 0.0962. The molecule has 1 saturated heterocycles. The van der Waals surface area contributed by atoms with E-state index >= 15 is 0 Å². The van der Waals surface area contributed by atoms with Crippen molar-refractivity contribution in [2.45, 2.75) is 0 Å². The van der Waals surface area contributed by atoms with E-state index < -0.39 is 5.91 Å². The van der Waals surface area contributed by atoms with E-state index in [1.165, 1.54) is 18.5 Å². The van der Waals surface area contributed by atoms with Crippen LogP contribution in [-0.2, 0) is 0 Å². The Morgan fingerprint density at radius 1 is 1.00 bits per heavy atom. The summed E-state index contributed by atoms with van der Waals surface area (Å²) in [5.74, 6) is 0.227. The fourth-order valence-electron chi connectivity index (χ4n) is 3.39. The molecule has 2 aromatic carbocycles. The zero-order valence-electron chi connectivity index (χ0n) is 16.6. The topological polar surface area (TPSA) is 99.4 Å². The first-order chi connectivity index (χ1) is 15.0. The minimum absolute atomic E-state index is 0.252. The number of nitrogens with zero attached hydrogens (tertiary/aromatic N) is 4. The predicted molar refractivity (Wildman–Crippen MR) is 120 cm³/mol. The van der Waals surface area contributed by atoms with Crippen molar-refractivity contribution in [3.05, 3.63) is 71.3 Å². The second-order valence-electron chi connectivity index (χ2n) is 6.97. The molecule has 31 heavy (non-hydrogen) atoms. The summed E-state index contributed by atoms with van der Waals surface area (Å²) in [5, 5.41) is 0.345. The Morgan fingerprint density at radius 2 is 1.68 bits per heavy atom. The Labute approximate surface area is 183 Å². The van der Waals surface area contributed by atoms with Gasteiger partial charge in [-0.3, -0.25) is 15.6 Å². The number of piperazine rings is 1. The largest absolute Gasteiger partial charge is 0.393 e. The van der Waals surface area contributed by atoms with E-state index in [1.54, 1.807) is 36.4 Å². The van der Waals surface area contributed by atoms with Crippen LogP contribution >= 0.6 is 11.6 Å². The van der Waals surface area contributed by atoms with Gasteiger partial charge in [-0.2, -0.15) is 0 Å². The maximum absolute atomic E-state index is 13.2. The lowest BCUT2D eigenvalue weighted by Crippen LogP contribution is -2.47. The smallest absolute Gasteiger partial charge is 0.271 e. The number of carbonyl (C=O) groups is 1. The average Bonchev–Trinajstić information content (AvgIpc) is 2.79. The van der Waals surface area contributed by atoms with Crippen molar-refractivity contribution in [2.75, 3.05) is 47.1 Å². The lowest BCUT2D eigenvalue weighted by atomic mass is 10.2. The van der Waals surface area contributed by atoms with Gasteiger partial charge in [0, 0.05) is 31.9 Å². The third kappa shape index (κ3) is 4.61. The minimum Gasteiger partial charge on any atom is -0.393 e. The molecule has 10 heteroatoms. The molecule has 1 amide bonds. The average molecular weight is 442 g/mol. The zero-order chi connectivity index (χ0) is 21.8. The summed E-state index contributed by atoms with van der Waals surface area (Å²) < 4.78 is 13.2. The van der Waals surface area contributed by atoms with Crippen LogP contribution in [0.25, 0.3) is 0 Å². The number of hydrogen-bond acceptors (Lipinski definition) is 7. The molecule has 1 fully saturated rings. The van der Waals surface area contributed by atoms with Crippen molar-refractivity contribution in [1.29, 1.82) is 0 Å². The van der Waals surface area contributed by atoms with Gasteiger partial charge in [0.05, 0.1) is 10.6 Å². The van der Waals surface area contributed by atoms with E-state index in [0.717, 1.165) is 18.8 Å². The van der Waals surface area contributed by atoms with Crippen LogP contribution < -0.4 is 26.4 Å². The molecule has 0 spiro atoms. The van der Waals surface area contributed by atoms with Crippen LogP contribution in [-0.4, -0.2) is 42.1 Å². The van der Waals surface area contributed by atoms with Gasteiger partial charge in [-0.15, -0.1) is 0 Å². The van der Waals surface area contributed by atoms with Crippen molar-refractivity contribution >= 4 is 40.5 Å². The zero-order valence-corrected chi connectivity index (χ0v) is 17.3. The number of carbonyl (C=O) groups excluding carboxylic acids is 1. The predicted octanol–water partition coefficient (Wildman–Crippen LogP) is 2.93. The molecule has 4 rings (SSSR count). The van der Waals surface area contributed by atoms with E-state index in [0.29, 0.717) is 41.0 Å². The molecule has 0 atom stereocenters. The van der Waals surface area contributed by atoms with Gasteiger partial charge in [-0.1, -0.05) is 23.7 Å². The van der Waals surface area contributed by atoms with Gasteiger partial charge < -0.3 is 15.5 Å². The summed E-state index contributed by atoms with van der Waals surface area (Å²) in [6.45, 7) is 2.84. The lowest BCUT2D eigenvalue weighted by Gasteiger charge is -2.37. The fraction of sp³-hybridized carbons (Fsp3) is 0.190. The Hall–Kier alpha value is -3.59. The van der Waals surface area contributed by atoms with E-state index in [-0.39, 0.29) is 5.82 Å². The highest BCUT2D eigenvalue weighted by atomic mass is 35.5. The summed E-state index contributed by atoms with van der Waals surface area (Å²) in [6, 6.07) is 13.2. The number of nitrogens with one attached hydrogen (secondary N) is 2. The summed E-state index contributed by atoms with van der Waals surface area (Å²) in [4.78, 5) is 25.0. The molecule has 160 valence electrons. The number of hydrazine groups is 1. The van der Waals surface area contributed by atoms with Crippen molar-refractivity contribution in [3.8, 4) is 0 Å². The van der Waals surface area contributed by atoms with Crippen LogP contribution in [0.5, 0.6) is 0 Å². The van der Waals surface area contributed by atoms with Crippen molar-refractivity contribution in [1.82, 2.24) is 15.4 Å². The molecule has 0 unspecified atom stereocenters. The monoisotopic (exact) mass is 441 g/mol. The van der Waals surface area contributed by atoms with Gasteiger partial charge in [-0.05, 0) is 36.4 Å². The normalized spacial score (nSPS) is 13.7. The molecule has 0 bridgehead atoms. The third-order valence-corrected chi connectivity index (χ3v) is 5.38. The molecule has 1 aliphatic heterocycles. The highest BCUT2D eigenvalue weighted by Crippen LogP contribution is 2.27. The molecule has 2 heterocycles. The van der Waals surface area contributed by atoms with Crippen LogP contribution in [0.3, 0.4) is 0 Å². The van der Waals surface area contributed by atoms with Gasteiger partial charge in [0.15, 0.2) is 11.6 Å². The molecule has 1 aromatic heterocycles. The van der Waals surface area contributed by atoms with Gasteiger partial charge >= 0.3 is 0 Å². The van der Waals surface area contributed by atoms with Crippen molar-refractivity contribution in [3.63, 3.8) is 0 Å².